The van der Waals surface area contributed by atoms with Gasteiger partial charge in [0.25, 0.3) is 0 Å². The SMILES string of the molecule is CC1(C)CN([C@H]2CCCC[C@@H]2O)CCO1. The van der Waals surface area contributed by atoms with E-state index in [1.807, 2.05) is 0 Å². The smallest absolute Gasteiger partial charge is 0.0753 e. The van der Waals surface area contributed by atoms with Crippen LogP contribution in [0.25, 0.3) is 0 Å². The molecule has 1 saturated carbocycles. The van der Waals surface area contributed by atoms with Gasteiger partial charge in [-0.05, 0) is 26.7 Å². The average Bonchev–Trinajstić information content (AvgIpc) is 2.17. The third-order valence-electron chi connectivity index (χ3n) is 3.62. The largest absolute Gasteiger partial charge is 0.391 e. The van der Waals surface area contributed by atoms with Crippen LogP contribution in [0.1, 0.15) is 39.5 Å². The second kappa shape index (κ2) is 4.40. The fourth-order valence-electron chi connectivity index (χ4n) is 2.85. The third-order valence-corrected chi connectivity index (χ3v) is 3.62. The number of aliphatic hydroxyl groups is 1. The highest BCUT2D eigenvalue weighted by Gasteiger charge is 2.35. The summed E-state index contributed by atoms with van der Waals surface area (Å²) in [6.07, 6.45) is 4.46. The quantitative estimate of drug-likeness (QED) is 0.714. The van der Waals surface area contributed by atoms with Crippen molar-refractivity contribution in [2.24, 2.45) is 0 Å². The van der Waals surface area contributed by atoms with Crippen LogP contribution in [-0.4, -0.2) is 47.4 Å². The van der Waals surface area contributed by atoms with E-state index >= 15 is 0 Å². The predicted octanol–water partition coefficient (Wildman–Crippen LogP) is 1.40. The normalized spacial score (nSPS) is 37.8. The number of rotatable bonds is 1. The molecule has 1 saturated heterocycles. The lowest BCUT2D eigenvalue weighted by atomic mass is 9.90. The molecule has 0 bridgehead atoms. The Morgan fingerprint density at radius 1 is 1.27 bits per heavy atom. The van der Waals surface area contributed by atoms with Crippen LogP contribution in [0.5, 0.6) is 0 Å². The molecule has 0 amide bonds. The molecule has 88 valence electrons. The minimum absolute atomic E-state index is 0.0462. The van der Waals surface area contributed by atoms with Crippen LogP contribution < -0.4 is 0 Å². The highest BCUT2D eigenvalue weighted by molar-refractivity contribution is 4.88. The zero-order valence-electron chi connectivity index (χ0n) is 9.91. The van der Waals surface area contributed by atoms with Crippen LogP contribution in [0.2, 0.25) is 0 Å². The molecule has 0 aromatic rings. The van der Waals surface area contributed by atoms with Crippen molar-refractivity contribution < 1.29 is 9.84 Å². The Morgan fingerprint density at radius 3 is 2.67 bits per heavy atom. The summed E-state index contributed by atoms with van der Waals surface area (Å²) in [5, 5.41) is 10.0. The van der Waals surface area contributed by atoms with E-state index in [1.54, 1.807) is 0 Å². The van der Waals surface area contributed by atoms with Crippen molar-refractivity contribution in [2.75, 3.05) is 19.7 Å². The standard InChI is InChI=1S/C12H23NO2/c1-12(2)9-13(7-8-15-12)10-5-3-4-6-11(10)14/h10-11,14H,3-9H2,1-2H3/t10-,11-/m0/s1. The van der Waals surface area contributed by atoms with Crippen molar-refractivity contribution >= 4 is 0 Å². The average molecular weight is 213 g/mol. The first-order valence-electron chi connectivity index (χ1n) is 6.15. The second-order valence-corrected chi connectivity index (χ2v) is 5.50. The monoisotopic (exact) mass is 213 g/mol. The van der Waals surface area contributed by atoms with Gasteiger partial charge in [-0.15, -0.1) is 0 Å². The van der Waals surface area contributed by atoms with Gasteiger partial charge in [0.2, 0.25) is 0 Å². The van der Waals surface area contributed by atoms with Crippen LogP contribution in [0.3, 0.4) is 0 Å². The minimum atomic E-state index is -0.118. The van der Waals surface area contributed by atoms with Crippen LogP contribution in [0.15, 0.2) is 0 Å². The van der Waals surface area contributed by atoms with Crippen molar-refractivity contribution in [1.82, 2.24) is 4.90 Å². The molecule has 0 radical (unpaired) electrons. The van der Waals surface area contributed by atoms with Crippen molar-refractivity contribution in [3.63, 3.8) is 0 Å². The van der Waals surface area contributed by atoms with Crippen molar-refractivity contribution in [2.45, 2.75) is 57.3 Å². The van der Waals surface area contributed by atoms with Crippen LogP contribution in [-0.2, 0) is 4.74 Å². The second-order valence-electron chi connectivity index (χ2n) is 5.50. The first-order valence-corrected chi connectivity index (χ1v) is 6.15. The summed E-state index contributed by atoms with van der Waals surface area (Å²) in [6, 6.07) is 0.377. The van der Waals surface area contributed by atoms with Gasteiger partial charge in [-0.1, -0.05) is 12.8 Å². The van der Waals surface area contributed by atoms with Crippen molar-refractivity contribution in [1.29, 1.82) is 0 Å². The number of morpholine rings is 1. The van der Waals surface area contributed by atoms with Gasteiger partial charge in [0, 0.05) is 19.1 Å². The molecule has 1 N–H and O–H groups in total. The van der Waals surface area contributed by atoms with Gasteiger partial charge in [0.1, 0.15) is 0 Å². The number of hydrogen-bond donors (Lipinski definition) is 1. The summed E-state index contributed by atoms with van der Waals surface area (Å²) in [7, 11) is 0. The molecule has 0 unspecified atom stereocenters. The molecule has 2 rings (SSSR count). The number of aliphatic hydroxyl groups excluding tert-OH is 1. The lowest BCUT2D eigenvalue weighted by molar-refractivity contribution is -0.115. The molecule has 2 atom stereocenters. The minimum Gasteiger partial charge on any atom is -0.391 e. The van der Waals surface area contributed by atoms with Gasteiger partial charge in [-0.25, -0.2) is 0 Å². The lowest BCUT2D eigenvalue weighted by Gasteiger charge is -2.45. The number of ether oxygens (including phenoxy) is 1. The summed E-state index contributed by atoms with van der Waals surface area (Å²) in [5.41, 5.74) is -0.0462. The van der Waals surface area contributed by atoms with Crippen molar-refractivity contribution in [3.05, 3.63) is 0 Å². The Labute approximate surface area is 92.4 Å². The molecule has 2 aliphatic rings. The molecular formula is C12H23NO2. The zero-order chi connectivity index (χ0) is 10.9. The lowest BCUT2D eigenvalue weighted by Crippen LogP contribution is -2.55. The molecule has 0 spiro atoms. The zero-order valence-corrected chi connectivity index (χ0v) is 9.91. The van der Waals surface area contributed by atoms with E-state index in [-0.39, 0.29) is 11.7 Å². The predicted molar refractivity (Wildman–Crippen MR) is 59.9 cm³/mol. The van der Waals surface area contributed by atoms with Gasteiger partial charge in [0.15, 0.2) is 0 Å². The summed E-state index contributed by atoms with van der Waals surface area (Å²) < 4.78 is 5.70. The molecule has 3 heteroatoms. The number of nitrogens with zero attached hydrogens (tertiary/aromatic N) is 1. The molecule has 1 aliphatic carbocycles. The van der Waals surface area contributed by atoms with Gasteiger partial charge >= 0.3 is 0 Å². The summed E-state index contributed by atoms with van der Waals surface area (Å²) in [4.78, 5) is 2.42. The molecule has 15 heavy (non-hydrogen) atoms. The van der Waals surface area contributed by atoms with Crippen LogP contribution >= 0.6 is 0 Å². The topological polar surface area (TPSA) is 32.7 Å². The molecule has 1 heterocycles. The highest BCUT2D eigenvalue weighted by atomic mass is 16.5. The molecular weight excluding hydrogens is 190 g/mol. The van der Waals surface area contributed by atoms with E-state index in [4.69, 9.17) is 4.74 Å². The van der Waals surface area contributed by atoms with E-state index in [2.05, 4.69) is 18.7 Å². The summed E-state index contributed by atoms with van der Waals surface area (Å²) in [6.45, 7) is 7.00. The van der Waals surface area contributed by atoms with E-state index in [9.17, 15) is 5.11 Å². The Morgan fingerprint density at radius 2 is 2.00 bits per heavy atom. The van der Waals surface area contributed by atoms with Crippen molar-refractivity contribution in [3.8, 4) is 0 Å². The fraction of sp³-hybridized carbons (Fsp3) is 1.00. The Balaban J connectivity index is 1.96. The number of hydrogen-bond acceptors (Lipinski definition) is 3. The maximum Gasteiger partial charge on any atom is 0.0753 e. The molecule has 0 aromatic heterocycles. The Hall–Kier alpha value is -0.120. The van der Waals surface area contributed by atoms with Gasteiger partial charge < -0.3 is 9.84 Å². The molecule has 1 aliphatic heterocycles. The molecule has 2 fully saturated rings. The van der Waals surface area contributed by atoms with Crippen LogP contribution in [0.4, 0.5) is 0 Å². The van der Waals surface area contributed by atoms with E-state index < -0.39 is 0 Å². The van der Waals surface area contributed by atoms with Crippen LogP contribution in [0, 0.1) is 0 Å². The molecule has 0 aromatic carbocycles. The van der Waals surface area contributed by atoms with E-state index in [0.29, 0.717) is 6.04 Å². The van der Waals surface area contributed by atoms with Gasteiger partial charge in [-0.3, -0.25) is 4.90 Å². The summed E-state index contributed by atoms with van der Waals surface area (Å²) >= 11 is 0. The maximum atomic E-state index is 10.0. The Kier molecular flexibility index (Phi) is 3.33. The fourth-order valence-corrected chi connectivity index (χ4v) is 2.85. The van der Waals surface area contributed by atoms with Gasteiger partial charge in [-0.2, -0.15) is 0 Å². The first-order chi connectivity index (χ1) is 7.08. The van der Waals surface area contributed by atoms with Gasteiger partial charge in [0.05, 0.1) is 18.3 Å². The maximum absolute atomic E-state index is 10.0. The first kappa shape index (κ1) is 11.4. The third kappa shape index (κ3) is 2.71. The Bertz CT molecular complexity index is 218. The van der Waals surface area contributed by atoms with E-state index in [0.717, 1.165) is 32.5 Å². The summed E-state index contributed by atoms with van der Waals surface area (Å²) in [5.74, 6) is 0. The molecule has 3 nitrogen and oxygen atoms in total. The highest BCUT2D eigenvalue weighted by Crippen LogP contribution is 2.27. The van der Waals surface area contributed by atoms with E-state index in [1.165, 1.54) is 12.8 Å².